The standard InChI is InChI=1S/C11H13NO5S/c1-11(2,10(13)14)18-9-6-7(17-3)4-5-8(9)12(15)16/h4-6H,1-3H3,(H,13,14). The fourth-order valence-electron chi connectivity index (χ4n) is 1.17. The van der Waals surface area contributed by atoms with Crippen molar-refractivity contribution in [3.05, 3.63) is 28.3 Å². The number of nitro benzene ring substituents is 1. The summed E-state index contributed by atoms with van der Waals surface area (Å²) in [5, 5.41) is 19.9. The summed E-state index contributed by atoms with van der Waals surface area (Å²) >= 11 is 0.917. The van der Waals surface area contributed by atoms with Gasteiger partial charge in [-0.3, -0.25) is 14.9 Å². The summed E-state index contributed by atoms with van der Waals surface area (Å²) in [6.07, 6.45) is 0. The van der Waals surface area contributed by atoms with Crippen molar-refractivity contribution in [1.29, 1.82) is 0 Å². The van der Waals surface area contributed by atoms with Crippen LogP contribution >= 0.6 is 11.8 Å². The van der Waals surface area contributed by atoms with Crippen LogP contribution in [0.4, 0.5) is 5.69 Å². The molecule has 1 aromatic carbocycles. The van der Waals surface area contributed by atoms with Crippen LogP contribution in [-0.2, 0) is 4.79 Å². The third-order valence-electron chi connectivity index (χ3n) is 2.24. The van der Waals surface area contributed by atoms with E-state index in [1.807, 2.05) is 0 Å². The molecule has 0 aliphatic heterocycles. The van der Waals surface area contributed by atoms with Crippen molar-refractivity contribution in [3.63, 3.8) is 0 Å². The molecule has 0 amide bonds. The number of hydrogen-bond donors (Lipinski definition) is 1. The van der Waals surface area contributed by atoms with Gasteiger partial charge in [-0.15, -0.1) is 11.8 Å². The number of benzene rings is 1. The number of ether oxygens (including phenoxy) is 1. The van der Waals surface area contributed by atoms with E-state index >= 15 is 0 Å². The number of carbonyl (C=O) groups is 1. The van der Waals surface area contributed by atoms with Gasteiger partial charge in [0.2, 0.25) is 0 Å². The Morgan fingerprint density at radius 1 is 1.50 bits per heavy atom. The number of nitrogens with zero attached hydrogens (tertiary/aromatic N) is 1. The molecule has 0 radical (unpaired) electrons. The molecule has 0 aromatic heterocycles. The largest absolute Gasteiger partial charge is 0.497 e. The molecule has 0 atom stereocenters. The van der Waals surface area contributed by atoms with Gasteiger partial charge in [-0.25, -0.2) is 0 Å². The lowest BCUT2D eigenvalue weighted by Crippen LogP contribution is -2.27. The normalized spacial score (nSPS) is 11.1. The molecule has 98 valence electrons. The van der Waals surface area contributed by atoms with E-state index in [9.17, 15) is 14.9 Å². The van der Waals surface area contributed by atoms with Gasteiger partial charge in [-0.1, -0.05) is 0 Å². The monoisotopic (exact) mass is 271 g/mol. The van der Waals surface area contributed by atoms with Gasteiger partial charge >= 0.3 is 5.97 Å². The molecular formula is C11H13NO5S. The van der Waals surface area contributed by atoms with Crippen molar-refractivity contribution < 1.29 is 19.6 Å². The van der Waals surface area contributed by atoms with Gasteiger partial charge in [0.05, 0.1) is 16.9 Å². The molecule has 0 unspecified atom stereocenters. The Hall–Kier alpha value is -1.76. The number of hydrogen-bond acceptors (Lipinski definition) is 5. The molecular weight excluding hydrogens is 258 g/mol. The van der Waals surface area contributed by atoms with Crippen LogP contribution in [0.5, 0.6) is 5.75 Å². The van der Waals surface area contributed by atoms with Crippen LogP contribution < -0.4 is 4.74 Å². The summed E-state index contributed by atoms with van der Waals surface area (Å²) in [4.78, 5) is 21.6. The van der Waals surface area contributed by atoms with Crippen LogP contribution in [0, 0.1) is 10.1 Å². The second-order valence-electron chi connectivity index (χ2n) is 4.01. The number of nitro groups is 1. The Morgan fingerprint density at radius 3 is 2.56 bits per heavy atom. The number of carboxylic acid groups (broad SMARTS) is 1. The van der Waals surface area contributed by atoms with Gasteiger partial charge in [-0.2, -0.15) is 0 Å². The molecule has 0 aliphatic rings. The SMILES string of the molecule is COc1ccc([N+](=O)[O-])c(SC(C)(C)C(=O)O)c1. The predicted octanol–water partition coefficient (Wildman–Crippen LogP) is 2.56. The molecule has 7 heteroatoms. The zero-order chi connectivity index (χ0) is 13.9. The quantitative estimate of drug-likeness (QED) is 0.503. The molecule has 1 N–H and O–H groups in total. The molecule has 18 heavy (non-hydrogen) atoms. The number of thioether (sulfide) groups is 1. The first kappa shape index (κ1) is 14.3. The van der Waals surface area contributed by atoms with E-state index in [2.05, 4.69) is 0 Å². The van der Waals surface area contributed by atoms with Crippen LogP contribution in [-0.4, -0.2) is 27.9 Å². The van der Waals surface area contributed by atoms with Crippen LogP contribution in [0.3, 0.4) is 0 Å². The third kappa shape index (κ3) is 3.13. The first-order valence-electron chi connectivity index (χ1n) is 5.03. The predicted molar refractivity (Wildman–Crippen MR) is 67.2 cm³/mol. The fraction of sp³-hybridized carbons (Fsp3) is 0.364. The molecule has 0 heterocycles. The van der Waals surface area contributed by atoms with Gasteiger partial charge in [0.1, 0.15) is 10.5 Å². The van der Waals surface area contributed by atoms with Gasteiger partial charge in [0.15, 0.2) is 0 Å². The van der Waals surface area contributed by atoms with E-state index in [0.717, 1.165) is 11.8 Å². The van der Waals surface area contributed by atoms with Crippen LogP contribution in [0.2, 0.25) is 0 Å². The minimum absolute atomic E-state index is 0.130. The van der Waals surface area contributed by atoms with Crippen molar-refractivity contribution in [1.82, 2.24) is 0 Å². The van der Waals surface area contributed by atoms with Gasteiger partial charge in [-0.05, 0) is 19.9 Å². The average molecular weight is 271 g/mol. The Morgan fingerprint density at radius 2 is 2.11 bits per heavy atom. The number of rotatable bonds is 5. The summed E-state index contributed by atoms with van der Waals surface area (Å²) < 4.78 is 3.83. The molecule has 1 aromatic rings. The molecule has 0 saturated carbocycles. The average Bonchev–Trinajstić information content (AvgIpc) is 2.27. The highest BCUT2D eigenvalue weighted by atomic mass is 32.2. The lowest BCUT2D eigenvalue weighted by atomic mass is 10.2. The highest BCUT2D eigenvalue weighted by Gasteiger charge is 2.31. The van der Waals surface area contributed by atoms with E-state index < -0.39 is 15.6 Å². The summed E-state index contributed by atoms with van der Waals surface area (Å²) in [6.45, 7) is 2.98. The summed E-state index contributed by atoms with van der Waals surface area (Å²) in [5.74, 6) is -0.589. The zero-order valence-corrected chi connectivity index (χ0v) is 11.0. The van der Waals surface area contributed by atoms with Gasteiger partial charge < -0.3 is 9.84 Å². The lowest BCUT2D eigenvalue weighted by molar-refractivity contribution is -0.387. The molecule has 0 aliphatic carbocycles. The zero-order valence-electron chi connectivity index (χ0n) is 10.2. The highest BCUT2D eigenvalue weighted by Crippen LogP contribution is 2.39. The topological polar surface area (TPSA) is 89.7 Å². The Labute approximate surface area is 108 Å². The molecule has 0 fully saturated rings. The van der Waals surface area contributed by atoms with Crippen molar-refractivity contribution in [2.75, 3.05) is 7.11 Å². The first-order chi connectivity index (χ1) is 8.27. The maximum absolute atomic E-state index is 11.0. The Balaban J connectivity index is 3.20. The van der Waals surface area contributed by atoms with Crippen molar-refractivity contribution in [3.8, 4) is 5.75 Å². The van der Waals surface area contributed by atoms with E-state index in [0.29, 0.717) is 5.75 Å². The number of aliphatic carboxylic acids is 1. The molecule has 0 saturated heterocycles. The molecule has 0 bridgehead atoms. The number of methoxy groups -OCH3 is 1. The van der Waals surface area contributed by atoms with E-state index in [1.54, 1.807) is 0 Å². The third-order valence-corrected chi connectivity index (χ3v) is 3.48. The smallest absolute Gasteiger partial charge is 0.319 e. The van der Waals surface area contributed by atoms with Gasteiger partial charge in [0.25, 0.3) is 5.69 Å². The Kier molecular flexibility index (Phi) is 4.18. The summed E-state index contributed by atoms with van der Waals surface area (Å²) in [5.41, 5.74) is -0.130. The van der Waals surface area contributed by atoms with Gasteiger partial charge in [0, 0.05) is 12.1 Å². The van der Waals surface area contributed by atoms with E-state index in [4.69, 9.17) is 9.84 Å². The maximum atomic E-state index is 11.0. The van der Waals surface area contributed by atoms with Crippen molar-refractivity contribution in [2.45, 2.75) is 23.5 Å². The second kappa shape index (κ2) is 5.26. The van der Waals surface area contributed by atoms with Crippen molar-refractivity contribution in [2.24, 2.45) is 0 Å². The minimum Gasteiger partial charge on any atom is -0.497 e. The molecule has 0 spiro atoms. The van der Waals surface area contributed by atoms with Crippen LogP contribution in [0.25, 0.3) is 0 Å². The Bertz CT molecular complexity index is 486. The molecule has 6 nitrogen and oxygen atoms in total. The summed E-state index contributed by atoms with van der Waals surface area (Å²) in [7, 11) is 1.44. The second-order valence-corrected chi connectivity index (χ2v) is 5.67. The number of carboxylic acids is 1. The van der Waals surface area contributed by atoms with Crippen LogP contribution in [0.1, 0.15) is 13.8 Å². The van der Waals surface area contributed by atoms with E-state index in [-0.39, 0.29) is 10.6 Å². The van der Waals surface area contributed by atoms with E-state index in [1.165, 1.54) is 39.2 Å². The first-order valence-corrected chi connectivity index (χ1v) is 5.84. The van der Waals surface area contributed by atoms with Crippen molar-refractivity contribution >= 4 is 23.4 Å². The summed E-state index contributed by atoms with van der Waals surface area (Å²) in [6, 6.07) is 4.24. The fourth-order valence-corrected chi connectivity index (χ4v) is 2.23. The lowest BCUT2D eigenvalue weighted by Gasteiger charge is -2.18. The highest BCUT2D eigenvalue weighted by molar-refractivity contribution is 8.01. The van der Waals surface area contributed by atoms with Crippen LogP contribution in [0.15, 0.2) is 23.1 Å². The minimum atomic E-state index is -1.16. The maximum Gasteiger partial charge on any atom is 0.319 e. The molecule has 1 rings (SSSR count).